The summed E-state index contributed by atoms with van der Waals surface area (Å²) in [5, 5.41) is 6.91. The second-order valence-electron chi connectivity index (χ2n) is 6.09. The number of aliphatic imine (C=N–C) groups is 1. The van der Waals surface area contributed by atoms with Gasteiger partial charge in [-0.2, -0.15) is 18.4 Å². The van der Waals surface area contributed by atoms with Crippen molar-refractivity contribution in [2.45, 2.75) is 17.0 Å². The van der Waals surface area contributed by atoms with Crippen LogP contribution in [-0.2, 0) is 5.41 Å². The van der Waals surface area contributed by atoms with E-state index in [1.807, 2.05) is 0 Å². The van der Waals surface area contributed by atoms with Crippen LogP contribution >= 0.6 is 46.4 Å². The summed E-state index contributed by atoms with van der Waals surface area (Å²) in [6.07, 6.45) is -4.82. The lowest BCUT2D eigenvalue weighted by Crippen LogP contribution is -2.51. The van der Waals surface area contributed by atoms with E-state index in [0.29, 0.717) is 0 Å². The average Bonchev–Trinajstić information content (AvgIpc) is 2.98. The Labute approximate surface area is 177 Å². The highest BCUT2D eigenvalue weighted by Crippen LogP contribution is 2.51. The molecule has 0 saturated heterocycles. The van der Waals surface area contributed by atoms with E-state index in [1.54, 1.807) is 6.07 Å². The largest absolute Gasteiger partial charge is 0.402 e. The highest BCUT2D eigenvalue weighted by Gasteiger charge is 2.64. The van der Waals surface area contributed by atoms with Crippen LogP contribution in [0.4, 0.5) is 17.6 Å². The molecule has 0 N–H and O–H groups in total. The molecular formula is C18H8Cl4F4N2. The summed E-state index contributed by atoms with van der Waals surface area (Å²) in [5.41, 5.74) is -3.23. The summed E-state index contributed by atoms with van der Waals surface area (Å²) in [5.74, 6) is -0.797. The minimum absolute atomic E-state index is 0.0770. The second-order valence-corrected chi connectivity index (χ2v) is 7.72. The van der Waals surface area contributed by atoms with Gasteiger partial charge >= 0.3 is 6.18 Å². The van der Waals surface area contributed by atoms with Crippen LogP contribution in [0.25, 0.3) is 0 Å². The zero-order valence-electron chi connectivity index (χ0n) is 13.6. The van der Waals surface area contributed by atoms with E-state index < -0.39 is 29.3 Å². The van der Waals surface area contributed by atoms with Crippen molar-refractivity contribution in [3.63, 3.8) is 0 Å². The Balaban J connectivity index is 2.15. The van der Waals surface area contributed by atoms with Crippen molar-refractivity contribution < 1.29 is 17.6 Å². The molecule has 0 bridgehead atoms. The van der Waals surface area contributed by atoms with Gasteiger partial charge in [0.05, 0.1) is 38.3 Å². The number of halogens is 8. The van der Waals surface area contributed by atoms with Crippen LogP contribution in [0.2, 0.25) is 15.1 Å². The normalized spacial score (nSPS) is 22.1. The summed E-state index contributed by atoms with van der Waals surface area (Å²) in [6, 6.07) is 7.05. The highest BCUT2D eigenvalue weighted by molar-refractivity contribution is 6.48. The average molecular weight is 470 g/mol. The second kappa shape index (κ2) is 7.38. The van der Waals surface area contributed by atoms with Crippen LogP contribution in [-0.4, -0.2) is 23.8 Å². The van der Waals surface area contributed by atoms with E-state index in [4.69, 9.17) is 51.7 Å². The quantitative estimate of drug-likeness (QED) is 0.278. The van der Waals surface area contributed by atoms with Gasteiger partial charge in [0.2, 0.25) is 0 Å². The Morgan fingerprint density at radius 3 is 2.25 bits per heavy atom. The Morgan fingerprint density at radius 1 is 1.11 bits per heavy atom. The first-order chi connectivity index (χ1) is 13.0. The maximum absolute atomic E-state index is 14.2. The number of benzene rings is 2. The van der Waals surface area contributed by atoms with Gasteiger partial charge in [-0.1, -0.05) is 40.9 Å². The monoisotopic (exact) mass is 468 g/mol. The molecule has 0 saturated carbocycles. The lowest BCUT2D eigenvalue weighted by atomic mass is 9.76. The highest BCUT2D eigenvalue weighted by atomic mass is 35.5. The third-order valence-corrected chi connectivity index (χ3v) is 6.33. The molecule has 28 heavy (non-hydrogen) atoms. The number of rotatable bonds is 2. The number of nitrogens with zero attached hydrogens (tertiary/aromatic N) is 2. The smallest absolute Gasteiger partial charge is 0.286 e. The molecule has 0 amide bonds. The molecule has 2 nitrogen and oxygen atoms in total. The topological polar surface area (TPSA) is 36.1 Å². The number of nitriles is 1. The predicted molar refractivity (Wildman–Crippen MR) is 101 cm³/mol. The van der Waals surface area contributed by atoms with Crippen molar-refractivity contribution in [2.24, 2.45) is 4.99 Å². The maximum atomic E-state index is 14.2. The molecule has 0 fully saturated rings. The molecule has 0 aromatic heterocycles. The Kier molecular flexibility index (Phi) is 5.59. The summed E-state index contributed by atoms with van der Waals surface area (Å²) in [6.45, 7) is -0.729. The van der Waals surface area contributed by atoms with E-state index in [2.05, 4.69) is 4.99 Å². The summed E-state index contributed by atoms with van der Waals surface area (Å²) >= 11 is 24.0. The van der Waals surface area contributed by atoms with Crippen molar-refractivity contribution >= 4 is 52.1 Å². The summed E-state index contributed by atoms with van der Waals surface area (Å²) in [7, 11) is 0. The first kappa shape index (κ1) is 21.2. The molecule has 10 heteroatoms. The molecule has 2 unspecified atom stereocenters. The number of hydrogen-bond donors (Lipinski definition) is 0. The van der Waals surface area contributed by atoms with E-state index in [-0.39, 0.29) is 37.5 Å². The molecule has 0 radical (unpaired) electrons. The van der Waals surface area contributed by atoms with Crippen LogP contribution in [0, 0.1) is 17.1 Å². The van der Waals surface area contributed by atoms with E-state index in [9.17, 15) is 17.6 Å². The van der Waals surface area contributed by atoms with Crippen LogP contribution in [0.5, 0.6) is 0 Å². The van der Waals surface area contributed by atoms with E-state index in [1.165, 1.54) is 6.07 Å². The molecule has 1 heterocycles. The first-order valence-corrected chi connectivity index (χ1v) is 9.20. The third-order valence-electron chi connectivity index (χ3n) is 4.56. The molecule has 0 aliphatic carbocycles. The van der Waals surface area contributed by atoms with Crippen LogP contribution < -0.4 is 0 Å². The first-order valence-electron chi connectivity index (χ1n) is 7.63. The summed E-state index contributed by atoms with van der Waals surface area (Å²) < 4.78 is 56.2. The maximum Gasteiger partial charge on any atom is 0.402 e. The fraction of sp³-hybridized carbons (Fsp3) is 0.222. The molecule has 2 aromatic carbocycles. The van der Waals surface area contributed by atoms with Gasteiger partial charge in [-0.05, 0) is 35.4 Å². The van der Waals surface area contributed by atoms with Crippen molar-refractivity contribution in [1.82, 2.24) is 0 Å². The summed E-state index contributed by atoms with van der Waals surface area (Å²) in [4.78, 5) is 3.98. The minimum atomic E-state index is -4.82. The molecular weight excluding hydrogens is 462 g/mol. The van der Waals surface area contributed by atoms with Gasteiger partial charge in [0.25, 0.3) is 0 Å². The standard InChI is InChI=1S/C18H8Cl4F4N2/c19-11-4-10(5-12(20)14(11)21)17(18(24,25)26)7-28-15(16(17)22)8-1-2-13(23)9(3-8)6-27/h1-5,16H,7H2. The lowest BCUT2D eigenvalue weighted by Gasteiger charge is -2.35. The van der Waals surface area contributed by atoms with Gasteiger partial charge in [-0.15, -0.1) is 11.6 Å². The molecule has 3 rings (SSSR count). The molecule has 1 aliphatic rings. The predicted octanol–water partition coefficient (Wildman–Crippen LogP) is 6.57. The zero-order chi connectivity index (χ0) is 20.9. The van der Waals surface area contributed by atoms with Crippen molar-refractivity contribution in [3.05, 3.63) is 67.9 Å². The Morgan fingerprint density at radius 2 is 1.71 bits per heavy atom. The molecule has 1 aliphatic heterocycles. The van der Waals surface area contributed by atoms with Crippen LogP contribution in [0.1, 0.15) is 16.7 Å². The number of alkyl halides is 4. The Bertz CT molecular complexity index is 1010. The zero-order valence-corrected chi connectivity index (χ0v) is 16.6. The lowest BCUT2D eigenvalue weighted by molar-refractivity contribution is -0.182. The SMILES string of the molecule is N#Cc1cc(C2=NCC(c3cc(Cl)c(Cl)c(Cl)c3)(C(F)(F)F)C2Cl)ccc1F. The van der Waals surface area contributed by atoms with Gasteiger partial charge in [0, 0.05) is 0 Å². The van der Waals surface area contributed by atoms with Crippen molar-refractivity contribution in [3.8, 4) is 6.07 Å². The van der Waals surface area contributed by atoms with E-state index in [0.717, 1.165) is 24.3 Å². The molecule has 146 valence electrons. The van der Waals surface area contributed by atoms with Crippen LogP contribution in [0.3, 0.4) is 0 Å². The van der Waals surface area contributed by atoms with E-state index >= 15 is 0 Å². The van der Waals surface area contributed by atoms with Gasteiger partial charge < -0.3 is 0 Å². The van der Waals surface area contributed by atoms with Gasteiger partial charge in [-0.3, -0.25) is 4.99 Å². The third kappa shape index (κ3) is 3.25. The molecule has 2 atom stereocenters. The van der Waals surface area contributed by atoms with Crippen LogP contribution in [0.15, 0.2) is 35.3 Å². The van der Waals surface area contributed by atoms with Crippen molar-refractivity contribution in [2.75, 3.05) is 6.54 Å². The van der Waals surface area contributed by atoms with Crippen molar-refractivity contribution in [1.29, 1.82) is 5.26 Å². The molecule has 2 aromatic rings. The van der Waals surface area contributed by atoms with Gasteiger partial charge in [-0.25, -0.2) is 4.39 Å². The van der Waals surface area contributed by atoms with Gasteiger partial charge in [0.1, 0.15) is 17.3 Å². The number of hydrogen-bond acceptors (Lipinski definition) is 2. The fourth-order valence-corrected chi connectivity index (χ4v) is 4.17. The molecule has 0 spiro atoms. The Hall–Kier alpha value is -1.52. The fourth-order valence-electron chi connectivity index (χ4n) is 3.06. The minimum Gasteiger partial charge on any atom is -0.286 e. The van der Waals surface area contributed by atoms with Gasteiger partial charge in [0.15, 0.2) is 0 Å².